The van der Waals surface area contributed by atoms with Gasteiger partial charge in [0.25, 0.3) is 0 Å². The van der Waals surface area contributed by atoms with E-state index in [1.54, 1.807) is 0 Å². The lowest BCUT2D eigenvalue weighted by atomic mass is 10.2. The Labute approximate surface area is 205 Å². The highest BCUT2D eigenvalue weighted by molar-refractivity contribution is 8.76. The third kappa shape index (κ3) is 26.6. The molecule has 0 unspecified atom stereocenters. The second kappa shape index (κ2) is 27.6. The van der Waals surface area contributed by atoms with Crippen molar-refractivity contribution in [2.24, 2.45) is 0 Å². The molecule has 0 spiro atoms. The fourth-order valence-electron chi connectivity index (χ4n) is 2.44. The highest BCUT2D eigenvalue weighted by Crippen LogP contribution is 2.19. The predicted octanol–water partition coefficient (Wildman–Crippen LogP) is 7.18. The van der Waals surface area contributed by atoms with Gasteiger partial charge >= 0.3 is 0 Å². The summed E-state index contributed by atoms with van der Waals surface area (Å²) in [5.74, 6) is 2.20. The third-order valence-corrected chi connectivity index (χ3v) is 6.57. The van der Waals surface area contributed by atoms with Crippen molar-refractivity contribution in [1.82, 2.24) is 10.6 Å². The maximum atomic E-state index is 11.8. The van der Waals surface area contributed by atoms with Crippen molar-refractivity contribution >= 4 is 27.5 Å². The first kappa shape index (κ1) is 30.6. The molecule has 0 bridgehead atoms. The molecule has 0 aromatic carbocycles. The first-order valence-corrected chi connectivity index (χ1v) is 14.4. The van der Waals surface area contributed by atoms with E-state index in [0.29, 0.717) is 6.42 Å². The molecule has 1 amide bonds. The van der Waals surface area contributed by atoms with Gasteiger partial charge in [-0.3, -0.25) is 4.79 Å². The van der Waals surface area contributed by atoms with Crippen LogP contribution in [0.15, 0.2) is 72.9 Å². The molecule has 0 aromatic heterocycles. The summed E-state index contributed by atoms with van der Waals surface area (Å²) in [6.45, 7) is 3.93. The minimum Gasteiger partial charge on any atom is -0.355 e. The molecule has 0 aliphatic carbocycles. The van der Waals surface area contributed by atoms with Crippen LogP contribution in [0.5, 0.6) is 0 Å². The second-order valence-electron chi connectivity index (χ2n) is 7.05. The molecule has 0 heterocycles. The monoisotopic (exact) mass is 476 g/mol. The number of hydrogen-bond donors (Lipinski definition) is 2. The normalized spacial score (nSPS) is 12.7. The molecule has 180 valence electrons. The van der Waals surface area contributed by atoms with E-state index in [2.05, 4.69) is 90.5 Å². The van der Waals surface area contributed by atoms with Gasteiger partial charge in [0.05, 0.1) is 0 Å². The number of carbonyl (C=O) groups is 1. The van der Waals surface area contributed by atoms with Crippen molar-refractivity contribution in [1.29, 1.82) is 0 Å². The van der Waals surface area contributed by atoms with Gasteiger partial charge in [-0.05, 0) is 52.0 Å². The smallest absolute Gasteiger partial charge is 0.220 e. The van der Waals surface area contributed by atoms with Crippen molar-refractivity contribution in [3.05, 3.63) is 72.9 Å². The van der Waals surface area contributed by atoms with E-state index >= 15 is 0 Å². The highest BCUT2D eigenvalue weighted by Gasteiger charge is 1.98. The molecule has 0 saturated heterocycles. The zero-order valence-corrected chi connectivity index (χ0v) is 21.8. The van der Waals surface area contributed by atoms with Crippen LogP contribution in [0.1, 0.15) is 58.3 Å². The molecule has 0 aliphatic rings. The maximum Gasteiger partial charge on any atom is 0.220 e. The molecule has 5 heteroatoms. The van der Waals surface area contributed by atoms with Crippen LogP contribution in [0.4, 0.5) is 0 Å². The summed E-state index contributed by atoms with van der Waals surface area (Å²) in [5.41, 5.74) is 0. The van der Waals surface area contributed by atoms with Gasteiger partial charge in [-0.15, -0.1) is 0 Å². The van der Waals surface area contributed by atoms with E-state index in [1.165, 1.54) is 0 Å². The van der Waals surface area contributed by atoms with Crippen molar-refractivity contribution in [3.8, 4) is 0 Å². The summed E-state index contributed by atoms with van der Waals surface area (Å²) in [4.78, 5) is 11.8. The predicted molar refractivity (Wildman–Crippen MR) is 149 cm³/mol. The van der Waals surface area contributed by atoms with E-state index in [-0.39, 0.29) is 5.91 Å². The number of carbonyl (C=O) groups excluding carboxylic acids is 1. The van der Waals surface area contributed by atoms with Crippen LogP contribution in [-0.4, -0.2) is 37.6 Å². The van der Waals surface area contributed by atoms with Crippen LogP contribution in [0, 0.1) is 0 Å². The minimum atomic E-state index is 0.144. The minimum absolute atomic E-state index is 0.144. The number of amides is 1. The van der Waals surface area contributed by atoms with Gasteiger partial charge in [-0.2, -0.15) is 0 Å². The van der Waals surface area contributed by atoms with Crippen LogP contribution >= 0.6 is 21.6 Å². The van der Waals surface area contributed by atoms with Gasteiger partial charge in [0.1, 0.15) is 0 Å². The van der Waals surface area contributed by atoms with Crippen molar-refractivity contribution < 1.29 is 4.79 Å². The van der Waals surface area contributed by atoms with E-state index in [9.17, 15) is 4.79 Å². The zero-order chi connectivity index (χ0) is 23.4. The molecular weight excluding hydrogens is 432 g/mol. The topological polar surface area (TPSA) is 41.1 Å². The van der Waals surface area contributed by atoms with Gasteiger partial charge in [0.15, 0.2) is 0 Å². The zero-order valence-electron chi connectivity index (χ0n) is 20.1. The van der Waals surface area contributed by atoms with Crippen molar-refractivity contribution in [3.63, 3.8) is 0 Å². The van der Waals surface area contributed by atoms with E-state index in [0.717, 1.165) is 69.5 Å². The largest absolute Gasteiger partial charge is 0.355 e. The van der Waals surface area contributed by atoms with E-state index in [4.69, 9.17) is 0 Å². The summed E-state index contributed by atoms with van der Waals surface area (Å²) < 4.78 is 0. The van der Waals surface area contributed by atoms with Gasteiger partial charge in [-0.25, -0.2) is 0 Å². The van der Waals surface area contributed by atoms with Crippen LogP contribution < -0.4 is 10.6 Å². The lowest BCUT2D eigenvalue weighted by molar-refractivity contribution is -0.120. The van der Waals surface area contributed by atoms with Crippen molar-refractivity contribution in [2.45, 2.75) is 58.3 Å². The molecule has 0 rings (SSSR count). The molecular formula is C27H44N2OS2. The Morgan fingerprint density at radius 1 is 0.656 bits per heavy atom. The number of allylic oxidation sites excluding steroid dienone is 12. The average Bonchev–Trinajstić information content (AvgIpc) is 2.80. The molecule has 32 heavy (non-hydrogen) atoms. The molecule has 2 N–H and O–H groups in total. The summed E-state index contributed by atoms with van der Waals surface area (Å²) >= 11 is 0. The Hall–Kier alpha value is -1.43. The Morgan fingerprint density at radius 2 is 1.09 bits per heavy atom. The Kier molecular flexibility index (Phi) is 26.4. The SMILES string of the molecule is CC/C=C\C/C=C\C/C=C\C/C=C\C/C=C\C/C=C\CCC(=O)NCCSSCCNC. The van der Waals surface area contributed by atoms with Crippen LogP contribution in [0.25, 0.3) is 0 Å². The number of hydrogen-bond acceptors (Lipinski definition) is 4. The van der Waals surface area contributed by atoms with Crippen LogP contribution in [0.2, 0.25) is 0 Å². The van der Waals surface area contributed by atoms with E-state index < -0.39 is 0 Å². The molecule has 0 aromatic rings. The summed E-state index contributed by atoms with van der Waals surface area (Å²) in [6.07, 6.45) is 33.7. The van der Waals surface area contributed by atoms with Gasteiger partial charge in [0, 0.05) is 31.0 Å². The molecule has 0 fully saturated rings. The molecule has 0 saturated carbocycles. The summed E-state index contributed by atoms with van der Waals surface area (Å²) in [5, 5.41) is 6.10. The third-order valence-electron chi connectivity index (χ3n) is 4.16. The fourth-order valence-corrected chi connectivity index (χ4v) is 4.35. The standard InChI is InChI=1S/C27H44N2OS2/c1-3-4-5-6-7-8-9-10-11-12-13-14-15-16-17-18-19-20-21-22-27(30)29-24-26-32-31-25-23-28-2/h4-5,7-8,10-11,13-14,16-17,19-20,28H,3,6,9,12,15,18,21-26H2,1-2H3,(H,29,30)/b5-4-,8-7-,11-10-,14-13-,17-16-,20-19-. The Bertz CT molecular complexity index is 592. The van der Waals surface area contributed by atoms with E-state index in [1.807, 2.05) is 28.6 Å². The van der Waals surface area contributed by atoms with Crippen molar-refractivity contribution in [2.75, 3.05) is 31.6 Å². The summed E-state index contributed by atoms with van der Waals surface area (Å²) in [6, 6.07) is 0. The quantitative estimate of drug-likeness (QED) is 0.105. The van der Waals surface area contributed by atoms with Gasteiger partial charge < -0.3 is 10.6 Å². The van der Waals surface area contributed by atoms with Gasteiger partial charge in [0.2, 0.25) is 5.91 Å². The number of rotatable bonds is 21. The lowest BCUT2D eigenvalue weighted by Gasteiger charge is -2.03. The molecule has 3 nitrogen and oxygen atoms in total. The first-order chi connectivity index (χ1) is 15.8. The molecule has 0 aliphatic heterocycles. The van der Waals surface area contributed by atoms with Crippen LogP contribution in [0.3, 0.4) is 0 Å². The maximum absolute atomic E-state index is 11.8. The van der Waals surface area contributed by atoms with Crippen LogP contribution in [-0.2, 0) is 4.79 Å². The summed E-state index contributed by atoms with van der Waals surface area (Å²) in [7, 11) is 5.62. The lowest BCUT2D eigenvalue weighted by Crippen LogP contribution is -2.25. The second-order valence-corrected chi connectivity index (χ2v) is 9.75. The Morgan fingerprint density at radius 3 is 1.56 bits per heavy atom. The average molecular weight is 477 g/mol. The molecule has 0 atom stereocenters. The van der Waals surface area contributed by atoms with Gasteiger partial charge in [-0.1, -0.05) is 101 Å². The first-order valence-electron chi connectivity index (χ1n) is 11.9. The number of nitrogens with one attached hydrogen (secondary N) is 2. The molecule has 0 radical (unpaired) electrons. The Balaban J connectivity index is 3.51. The fraction of sp³-hybridized carbons (Fsp3) is 0.519. The highest BCUT2D eigenvalue weighted by atomic mass is 33.1.